The first-order chi connectivity index (χ1) is 8.68. The number of nitrogen functional groups attached to an aromatic ring is 1. The molecule has 0 saturated carbocycles. The fourth-order valence-corrected chi connectivity index (χ4v) is 3.35. The molecule has 1 unspecified atom stereocenters. The molecule has 7 heteroatoms. The molecule has 0 bridgehead atoms. The largest absolute Gasteiger partial charge is 0.398 e. The quantitative estimate of drug-likeness (QED) is 0.682. The summed E-state index contributed by atoms with van der Waals surface area (Å²) in [6, 6.07) is 4.38. The molecule has 19 heavy (non-hydrogen) atoms. The monoisotopic (exact) mass is 350 g/mol. The van der Waals surface area contributed by atoms with Crippen LogP contribution in [-0.4, -0.2) is 25.7 Å². The van der Waals surface area contributed by atoms with Crippen LogP contribution in [0.2, 0.25) is 0 Å². The van der Waals surface area contributed by atoms with Gasteiger partial charge in [0.05, 0.1) is 10.5 Å². The Morgan fingerprint density at radius 3 is 2.63 bits per heavy atom. The van der Waals surface area contributed by atoms with E-state index in [9.17, 15) is 13.5 Å². The number of hydrogen-bond acceptors (Lipinski definition) is 4. The average molecular weight is 351 g/mol. The maximum absolute atomic E-state index is 12.1. The van der Waals surface area contributed by atoms with E-state index in [-0.39, 0.29) is 11.4 Å². The van der Waals surface area contributed by atoms with Gasteiger partial charge in [0.25, 0.3) is 0 Å². The van der Waals surface area contributed by atoms with Crippen molar-refractivity contribution in [2.24, 2.45) is 0 Å². The molecule has 0 heterocycles. The summed E-state index contributed by atoms with van der Waals surface area (Å²) >= 11 is 3.19. The first-order valence-electron chi connectivity index (χ1n) is 5.95. The van der Waals surface area contributed by atoms with E-state index >= 15 is 0 Å². The summed E-state index contributed by atoms with van der Waals surface area (Å²) in [7, 11) is -3.65. The van der Waals surface area contributed by atoms with Crippen LogP contribution in [0.25, 0.3) is 0 Å². The first kappa shape index (κ1) is 16.4. The van der Waals surface area contributed by atoms with Crippen LogP contribution < -0.4 is 10.5 Å². The molecule has 5 nitrogen and oxygen atoms in total. The lowest BCUT2D eigenvalue weighted by Gasteiger charge is -2.22. The number of rotatable bonds is 6. The van der Waals surface area contributed by atoms with Gasteiger partial charge in [-0.05, 0) is 47.5 Å². The molecule has 4 N–H and O–H groups in total. The van der Waals surface area contributed by atoms with Gasteiger partial charge >= 0.3 is 0 Å². The van der Waals surface area contributed by atoms with Gasteiger partial charge in [0.2, 0.25) is 10.0 Å². The lowest BCUT2D eigenvalue weighted by molar-refractivity contribution is 0.0554. The van der Waals surface area contributed by atoms with Crippen LogP contribution in [0.4, 0.5) is 5.69 Å². The Bertz CT molecular complexity index is 544. The van der Waals surface area contributed by atoms with Crippen molar-refractivity contribution in [3.05, 3.63) is 22.7 Å². The SMILES string of the molecule is CCCC(C)(O)CNS(=O)(=O)c1ccc(N)c(Br)c1. The van der Waals surface area contributed by atoms with Crippen molar-refractivity contribution in [2.45, 2.75) is 37.2 Å². The van der Waals surface area contributed by atoms with Gasteiger partial charge in [-0.2, -0.15) is 0 Å². The molecule has 0 radical (unpaired) electrons. The van der Waals surface area contributed by atoms with Crippen molar-refractivity contribution in [1.82, 2.24) is 4.72 Å². The van der Waals surface area contributed by atoms with Gasteiger partial charge in [0, 0.05) is 16.7 Å². The van der Waals surface area contributed by atoms with Gasteiger partial charge in [0.1, 0.15) is 0 Å². The zero-order chi connectivity index (χ0) is 14.7. The highest BCUT2D eigenvalue weighted by atomic mass is 79.9. The molecule has 0 aliphatic rings. The predicted octanol–water partition coefficient (Wildman–Crippen LogP) is 1.86. The Balaban J connectivity index is 2.84. The molecular formula is C12H19BrN2O3S. The normalized spacial score (nSPS) is 15.2. The molecule has 108 valence electrons. The van der Waals surface area contributed by atoms with Gasteiger partial charge in [-0.3, -0.25) is 0 Å². The van der Waals surface area contributed by atoms with Crippen molar-refractivity contribution in [3.8, 4) is 0 Å². The summed E-state index contributed by atoms with van der Waals surface area (Å²) < 4.78 is 27.1. The molecule has 1 aromatic rings. The van der Waals surface area contributed by atoms with Crippen molar-refractivity contribution in [2.75, 3.05) is 12.3 Å². The third-order valence-electron chi connectivity index (χ3n) is 2.71. The Morgan fingerprint density at radius 2 is 2.11 bits per heavy atom. The second kappa shape index (κ2) is 6.21. The van der Waals surface area contributed by atoms with Crippen molar-refractivity contribution < 1.29 is 13.5 Å². The predicted molar refractivity (Wildman–Crippen MR) is 79.3 cm³/mol. The highest BCUT2D eigenvalue weighted by Crippen LogP contribution is 2.23. The third-order valence-corrected chi connectivity index (χ3v) is 4.80. The van der Waals surface area contributed by atoms with Gasteiger partial charge in [-0.25, -0.2) is 13.1 Å². The highest BCUT2D eigenvalue weighted by Gasteiger charge is 2.23. The number of sulfonamides is 1. The Morgan fingerprint density at radius 1 is 1.47 bits per heavy atom. The number of nitrogens with one attached hydrogen (secondary N) is 1. The lowest BCUT2D eigenvalue weighted by Crippen LogP contribution is -2.40. The van der Waals surface area contributed by atoms with Crippen molar-refractivity contribution in [3.63, 3.8) is 0 Å². The summed E-state index contributed by atoms with van der Waals surface area (Å²) in [6.45, 7) is 3.52. The van der Waals surface area contributed by atoms with Gasteiger partial charge in [0.15, 0.2) is 0 Å². The van der Waals surface area contributed by atoms with Gasteiger partial charge < -0.3 is 10.8 Å². The van der Waals surface area contributed by atoms with Gasteiger partial charge in [-0.15, -0.1) is 0 Å². The maximum Gasteiger partial charge on any atom is 0.240 e. The molecule has 0 aliphatic heterocycles. The summed E-state index contributed by atoms with van der Waals surface area (Å²) in [6.07, 6.45) is 1.31. The summed E-state index contributed by atoms with van der Waals surface area (Å²) in [5, 5.41) is 9.97. The minimum atomic E-state index is -3.65. The summed E-state index contributed by atoms with van der Waals surface area (Å²) in [5.74, 6) is 0. The van der Waals surface area contributed by atoms with Crippen LogP contribution in [-0.2, 0) is 10.0 Å². The Kier molecular flexibility index (Phi) is 5.37. The molecule has 0 aliphatic carbocycles. The van der Waals surface area contributed by atoms with Crippen LogP contribution in [0.15, 0.2) is 27.6 Å². The molecule has 1 aromatic carbocycles. The van der Waals surface area contributed by atoms with Crippen LogP contribution in [0.5, 0.6) is 0 Å². The first-order valence-corrected chi connectivity index (χ1v) is 8.22. The smallest absolute Gasteiger partial charge is 0.240 e. The van der Waals surface area contributed by atoms with Gasteiger partial charge in [-0.1, -0.05) is 13.3 Å². The second-order valence-electron chi connectivity index (χ2n) is 4.75. The molecule has 1 atom stereocenters. The third kappa shape index (κ3) is 4.76. The van der Waals surface area contributed by atoms with E-state index in [2.05, 4.69) is 20.7 Å². The highest BCUT2D eigenvalue weighted by molar-refractivity contribution is 9.10. The fourth-order valence-electron chi connectivity index (χ4n) is 1.64. The van der Waals surface area contributed by atoms with E-state index in [4.69, 9.17) is 5.73 Å². The Hall–Kier alpha value is -0.630. The number of hydrogen-bond donors (Lipinski definition) is 3. The zero-order valence-corrected chi connectivity index (χ0v) is 13.4. The molecule has 0 spiro atoms. The molecule has 0 saturated heterocycles. The molecule has 1 rings (SSSR count). The van der Waals surface area contributed by atoms with Crippen molar-refractivity contribution >= 4 is 31.6 Å². The number of benzene rings is 1. The average Bonchev–Trinajstić information content (AvgIpc) is 2.30. The zero-order valence-electron chi connectivity index (χ0n) is 11.0. The van der Waals surface area contributed by atoms with E-state index in [0.717, 1.165) is 6.42 Å². The number of nitrogens with two attached hydrogens (primary N) is 1. The van der Waals surface area contributed by atoms with Crippen LogP contribution in [0.1, 0.15) is 26.7 Å². The second-order valence-corrected chi connectivity index (χ2v) is 7.38. The fraction of sp³-hybridized carbons (Fsp3) is 0.500. The van der Waals surface area contributed by atoms with Crippen LogP contribution in [0, 0.1) is 0 Å². The molecular weight excluding hydrogens is 332 g/mol. The summed E-state index contributed by atoms with van der Waals surface area (Å²) in [5.41, 5.74) is 5.03. The number of anilines is 1. The molecule has 0 amide bonds. The minimum absolute atomic E-state index is 0.0226. The van der Waals surface area contributed by atoms with E-state index in [0.29, 0.717) is 16.6 Å². The topological polar surface area (TPSA) is 92.4 Å². The number of aliphatic hydroxyl groups is 1. The van der Waals surface area contributed by atoms with E-state index in [1.807, 2.05) is 6.92 Å². The maximum atomic E-state index is 12.1. The van der Waals surface area contributed by atoms with Crippen LogP contribution >= 0.6 is 15.9 Å². The molecule has 0 fully saturated rings. The van der Waals surface area contributed by atoms with E-state index in [1.165, 1.54) is 18.2 Å². The summed E-state index contributed by atoms with van der Waals surface area (Å²) in [4.78, 5) is 0.112. The van der Waals surface area contributed by atoms with E-state index in [1.54, 1.807) is 6.92 Å². The van der Waals surface area contributed by atoms with E-state index < -0.39 is 15.6 Å². The standard InChI is InChI=1S/C12H19BrN2O3S/c1-3-6-12(2,16)8-15-19(17,18)9-4-5-11(14)10(13)7-9/h4-5,7,15-16H,3,6,8,14H2,1-2H3. The lowest BCUT2D eigenvalue weighted by atomic mass is 10.0. The van der Waals surface area contributed by atoms with Crippen LogP contribution in [0.3, 0.4) is 0 Å². The molecule has 0 aromatic heterocycles. The minimum Gasteiger partial charge on any atom is -0.398 e. The number of halogens is 1. The van der Waals surface area contributed by atoms with Crippen molar-refractivity contribution in [1.29, 1.82) is 0 Å². The Labute approximate surface area is 122 Å².